The Morgan fingerprint density at radius 2 is 1.85 bits per heavy atom. The van der Waals surface area contributed by atoms with Crippen LogP contribution in [-0.4, -0.2) is 70.4 Å². The Morgan fingerprint density at radius 1 is 1.09 bits per heavy atom. The third-order valence-electron chi connectivity index (χ3n) is 7.68. The molecule has 3 aliphatic rings. The van der Waals surface area contributed by atoms with Crippen molar-refractivity contribution in [3.05, 3.63) is 24.0 Å². The molecule has 3 fully saturated rings. The predicted molar refractivity (Wildman–Crippen MR) is 123 cm³/mol. The molecule has 1 saturated heterocycles. The number of hydrogen-bond donors (Lipinski definition) is 1. The monoisotopic (exact) mass is 460 g/mol. The third-order valence-corrected chi connectivity index (χ3v) is 7.68. The van der Waals surface area contributed by atoms with Crippen LogP contribution in [0.15, 0.2) is 18.3 Å². The Labute approximate surface area is 193 Å². The molecule has 1 aliphatic heterocycles. The van der Waals surface area contributed by atoms with Gasteiger partial charge in [0.15, 0.2) is 11.6 Å². The molecule has 2 aromatic rings. The first kappa shape index (κ1) is 22.5. The average molecular weight is 461 g/mol. The van der Waals surface area contributed by atoms with Crippen LogP contribution in [-0.2, 0) is 0 Å². The van der Waals surface area contributed by atoms with Crippen LogP contribution in [0.25, 0.3) is 11.3 Å². The minimum Gasteiger partial charge on any atom is -0.431 e. The standard InChI is InChI=1S/C24H34F2N6O/c1-14(2)32-20(12-19(29-32)15-9-21(33-24(25)26)23(27)28-13-15)22-17-10-16(11-18(17)22)31-6-4-5-30(3)7-8-31/h9,12-14,16-18,22,24H,4-8,10-11H2,1-3H3,(H2,27,28)/t16-,17-,18+,22+. The van der Waals surface area contributed by atoms with E-state index in [0.29, 0.717) is 29.4 Å². The van der Waals surface area contributed by atoms with Gasteiger partial charge in [-0.05, 0) is 77.2 Å². The first-order valence-corrected chi connectivity index (χ1v) is 12.0. The maximum absolute atomic E-state index is 12.7. The number of pyridine rings is 1. The van der Waals surface area contributed by atoms with Gasteiger partial charge in [-0.3, -0.25) is 9.58 Å². The van der Waals surface area contributed by atoms with Gasteiger partial charge in [0.1, 0.15) is 0 Å². The highest BCUT2D eigenvalue weighted by Crippen LogP contribution is 2.64. The summed E-state index contributed by atoms with van der Waals surface area (Å²) < 4.78 is 32.1. The molecule has 33 heavy (non-hydrogen) atoms. The Bertz CT molecular complexity index is 983. The summed E-state index contributed by atoms with van der Waals surface area (Å²) in [5.41, 5.74) is 8.32. The summed E-state index contributed by atoms with van der Waals surface area (Å²) in [5.74, 6) is 1.78. The van der Waals surface area contributed by atoms with Crippen LogP contribution < -0.4 is 10.5 Å². The van der Waals surface area contributed by atoms with E-state index in [-0.39, 0.29) is 17.6 Å². The highest BCUT2D eigenvalue weighted by Gasteiger charge is 2.58. The highest BCUT2D eigenvalue weighted by molar-refractivity contribution is 5.64. The van der Waals surface area contributed by atoms with Gasteiger partial charge >= 0.3 is 6.61 Å². The van der Waals surface area contributed by atoms with Crippen LogP contribution in [0.3, 0.4) is 0 Å². The van der Waals surface area contributed by atoms with Gasteiger partial charge in [0.25, 0.3) is 0 Å². The van der Waals surface area contributed by atoms with E-state index in [4.69, 9.17) is 10.8 Å². The maximum atomic E-state index is 12.7. The fourth-order valence-corrected chi connectivity index (χ4v) is 5.98. The van der Waals surface area contributed by atoms with Crippen LogP contribution in [0.4, 0.5) is 14.6 Å². The second kappa shape index (κ2) is 8.83. The van der Waals surface area contributed by atoms with E-state index in [1.165, 1.54) is 50.7 Å². The summed E-state index contributed by atoms with van der Waals surface area (Å²) in [4.78, 5) is 9.19. The predicted octanol–water partition coefficient (Wildman–Crippen LogP) is 3.84. The minimum absolute atomic E-state index is 0.0509. The van der Waals surface area contributed by atoms with Crippen molar-refractivity contribution in [1.29, 1.82) is 0 Å². The zero-order chi connectivity index (χ0) is 23.3. The third kappa shape index (κ3) is 4.45. The molecule has 2 aliphatic carbocycles. The number of likely N-dealkylation sites (N-methyl/N-ethyl adjacent to an activating group) is 1. The normalized spacial score (nSPS) is 28.3. The molecule has 0 unspecified atom stereocenters. The van der Waals surface area contributed by atoms with Crippen molar-refractivity contribution in [2.45, 2.75) is 57.7 Å². The van der Waals surface area contributed by atoms with Gasteiger partial charge in [0.2, 0.25) is 0 Å². The molecule has 2 saturated carbocycles. The van der Waals surface area contributed by atoms with Crippen LogP contribution in [0.2, 0.25) is 0 Å². The zero-order valence-corrected chi connectivity index (χ0v) is 19.6. The lowest BCUT2D eigenvalue weighted by Crippen LogP contribution is -2.37. The average Bonchev–Trinajstić information content (AvgIpc) is 3.10. The Kier molecular flexibility index (Phi) is 6.03. The number of hydrogen-bond acceptors (Lipinski definition) is 6. The number of alkyl halides is 2. The van der Waals surface area contributed by atoms with Crippen molar-refractivity contribution in [3.63, 3.8) is 0 Å². The maximum Gasteiger partial charge on any atom is 0.387 e. The smallest absolute Gasteiger partial charge is 0.387 e. The first-order chi connectivity index (χ1) is 15.8. The molecule has 0 spiro atoms. The lowest BCUT2D eigenvalue weighted by atomic mass is 10.0. The summed E-state index contributed by atoms with van der Waals surface area (Å²) in [5, 5.41) is 4.82. The van der Waals surface area contributed by atoms with Crippen LogP contribution in [0.5, 0.6) is 5.75 Å². The second-order valence-electron chi connectivity index (χ2n) is 10.2. The Hall–Kier alpha value is -2.26. The van der Waals surface area contributed by atoms with Crippen molar-refractivity contribution in [2.75, 3.05) is 39.0 Å². The molecule has 9 heteroatoms. The molecule has 5 rings (SSSR count). The van der Waals surface area contributed by atoms with Crippen LogP contribution in [0, 0.1) is 11.8 Å². The molecular weight excluding hydrogens is 426 g/mol. The van der Waals surface area contributed by atoms with E-state index >= 15 is 0 Å². The molecule has 2 N–H and O–H groups in total. The van der Waals surface area contributed by atoms with Crippen molar-refractivity contribution < 1.29 is 13.5 Å². The van der Waals surface area contributed by atoms with Gasteiger partial charge in [-0.2, -0.15) is 13.9 Å². The van der Waals surface area contributed by atoms with Gasteiger partial charge in [-0.1, -0.05) is 0 Å². The SMILES string of the molecule is CC(C)n1nc(-c2cnc(N)c(OC(F)F)c2)cc1[C@H]1[C@@H]2C[C@@H](N3CCCN(C)CC3)C[C@@H]21. The molecule has 7 nitrogen and oxygen atoms in total. The van der Waals surface area contributed by atoms with Crippen LogP contribution >= 0.6 is 0 Å². The van der Waals surface area contributed by atoms with Gasteiger partial charge in [-0.15, -0.1) is 0 Å². The van der Waals surface area contributed by atoms with Gasteiger partial charge in [-0.25, -0.2) is 4.98 Å². The second-order valence-corrected chi connectivity index (χ2v) is 10.2. The number of aromatic nitrogens is 3. The van der Waals surface area contributed by atoms with E-state index in [1.807, 2.05) is 0 Å². The summed E-state index contributed by atoms with van der Waals surface area (Å²) in [7, 11) is 2.22. The molecule has 0 bridgehead atoms. The molecule has 0 radical (unpaired) electrons. The zero-order valence-electron chi connectivity index (χ0n) is 19.6. The largest absolute Gasteiger partial charge is 0.431 e. The summed E-state index contributed by atoms with van der Waals surface area (Å²) in [6.07, 6.45) is 5.34. The number of nitrogens with zero attached hydrogens (tertiary/aromatic N) is 5. The summed E-state index contributed by atoms with van der Waals surface area (Å²) >= 11 is 0. The van der Waals surface area contributed by atoms with E-state index in [1.54, 1.807) is 6.20 Å². The molecule has 0 aromatic carbocycles. The number of rotatable bonds is 6. The quantitative estimate of drug-likeness (QED) is 0.706. The molecular formula is C24H34F2N6O. The van der Waals surface area contributed by atoms with Gasteiger partial charge in [0, 0.05) is 48.5 Å². The number of fused-ring (bicyclic) bond motifs is 1. The number of halogens is 2. The Morgan fingerprint density at radius 3 is 2.55 bits per heavy atom. The number of ether oxygens (including phenoxy) is 1. The van der Waals surface area contributed by atoms with Gasteiger partial charge < -0.3 is 15.4 Å². The number of nitrogen functional groups attached to an aromatic ring is 1. The summed E-state index contributed by atoms with van der Waals surface area (Å²) in [6, 6.07) is 4.53. The lowest BCUT2D eigenvalue weighted by molar-refractivity contribution is -0.0494. The number of nitrogens with two attached hydrogens (primary N) is 1. The molecule has 3 heterocycles. The highest BCUT2D eigenvalue weighted by atomic mass is 19.3. The number of anilines is 1. The van der Waals surface area contributed by atoms with Crippen molar-refractivity contribution in [3.8, 4) is 17.0 Å². The molecule has 0 amide bonds. The van der Waals surface area contributed by atoms with Crippen LogP contribution in [0.1, 0.15) is 50.8 Å². The fourth-order valence-electron chi connectivity index (χ4n) is 5.98. The van der Waals surface area contributed by atoms with E-state index in [2.05, 4.69) is 51.2 Å². The molecule has 4 atom stereocenters. The lowest BCUT2D eigenvalue weighted by Gasteiger charge is -2.29. The first-order valence-electron chi connectivity index (χ1n) is 12.0. The molecule has 2 aromatic heterocycles. The van der Waals surface area contributed by atoms with E-state index in [9.17, 15) is 8.78 Å². The van der Waals surface area contributed by atoms with E-state index < -0.39 is 6.61 Å². The van der Waals surface area contributed by atoms with Crippen molar-refractivity contribution in [2.24, 2.45) is 11.8 Å². The molecule has 180 valence electrons. The Balaban J connectivity index is 1.33. The van der Waals surface area contributed by atoms with E-state index in [0.717, 1.165) is 12.2 Å². The van der Waals surface area contributed by atoms with Crippen molar-refractivity contribution in [1.82, 2.24) is 24.6 Å². The topological polar surface area (TPSA) is 72.4 Å². The summed E-state index contributed by atoms with van der Waals surface area (Å²) in [6.45, 7) is 6.04. The van der Waals surface area contributed by atoms with Gasteiger partial charge in [0.05, 0.1) is 5.69 Å². The minimum atomic E-state index is -2.95. The van der Waals surface area contributed by atoms with Crippen molar-refractivity contribution >= 4 is 5.82 Å². The fraction of sp³-hybridized carbons (Fsp3) is 0.667.